The maximum Gasteiger partial charge on any atom is 0.243 e. The lowest BCUT2D eigenvalue weighted by Crippen LogP contribution is -2.33. The van der Waals surface area contributed by atoms with Crippen LogP contribution in [0.3, 0.4) is 0 Å². The molecule has 0 radical (unpaired) electrons. The van der Waals surface area contributed by atoms with Gasteiger partial charge in [-0.15, -0.1) is 0 Å². The third-order valence-electron chi connectivity index (χ3n) is 1.95. The summed E-state index contributed by atoms with van der Waals surface area (Å²) >= 11 is 0. The van der Waals surface area contributed by atoms with E-state index in [9.17, 15) is 9.59 Å². The minimum atomic E-state index is -0.272. The molecule has 0 aromatic heterocycles. The third kappa shape index (κ3) is 4.23. The molecule has 1 rings (SSSR count). The number of hydrogen-bond donors (Lipinski definition) is 0. The average Bonchev–Trinajstić information content (AvgIpc) is 2.25. The standard InChI is InChI=1S/C12H15NO3/c1-10(14)8-13(11(2)15)16-9-12-6-4-3-5-7-12/h3-7H,8-9H2,1-2H3. The van der Waals surface area contributed by atoms with Gasteiger partial charge in [-0.25, -0.2) is 5.06 Å². The van der Waals surface area contributed by atoms with Gasteiger partial charge >= 0.3 is 0 Å². The Morgan fingerprint density at radius 1 is 1.19 bits per heavy atom. The molecule has 0 N–H and O–H groups in total. The SMILES string of the molecule is CC(=O)CN(OCc1ccccc1)C(C)=O. The van der Waals surface area contributed by atoms with Crippen molar-refractivity contribution in [3.05, 3.63) is 35.9 Å². The van der Waals surface area contributed by atoms with E-state index < -0.39 is 0 Å². The molecule has 4 heteroatoms. The first kappa shape index (κ1) is 12.4. The Kier molecular flexibility index (Phi) is 4.66. The molecule has 1 aromatic carbocycles. The van der Waals surface area contributed by atoms with Crippen LogP contribution in [0.25, 0.3) is 0 Å². The van der Waals surface area contributed by atoms with E-state index in [0.29, 0.717) is 0 Å². The van der Waals surface area contributed by atoms with E-state index in [1.165, 1.54) is 13.8 Å². The maximum atomic E-state index is 11.1. The molecule has 0 heterocycles. The molecule has 1 aromatic rings. The van der Waals surface area contributed by atoms with Crippen molar-refractivity contribution in [2.24, 2.45) is 0 Å². The van der Waals surface area contributed by atoms with Gasteiger partial charge in [-0.3, -0.25) is 14.4 Å². The highest BCUT2D eigenvalue weighted by molar-refractivity contribution is 5.82. The van der Waals surface area contributed by atoms with Crippen LogP contribution in [-0.4, -0.2) is 23.3 Å². The van der Waals surface area contributed by atoms with Gasteiger partial charge in [0, 0.05) is 6.92 Å². The molecule has 0 saturated heterocycles. The fourth-order valence-corrected chi connectivity index (χ4v) is 1.18. The lowest BCUT2D eigenvalue weighted by atomic mass is 10.2. The van der Waals surface area contributed by atoms with E-state index in [1.807, 2.05) is 30.3 Å². The highest BCUT2D eigenvalue weighted by atomic mass is 16.7. The summed E-state index contributed by atoms with van der Waals surface area (Å²) < 4.78 is 0. The molecular formula is C12H15NO3. The van der Waals surface area contributed by atoms with Crippen LogP contribution >= 0.6 is 0 Å². The van der Waals surface area contributed by atoms with Crippen LogP contribution in [0.15, 0.2) is 30.3 Å². The van der Waals surface area contributed by atoms with Crippen molar-refractivity contribution < 1.29 is 14.4 Å². The number of hydrogen-bond acceptors (Lipinski definition) is 3. The Morgan fingerprint density at radius 2 is 1.81 bits per heavy atom. The number of ketones is 1. The summed E-state index contributed by atoms with van der Waals surface area (Å²) in [5.74, 6) is -0.380. The van der Waals surface area contributed by atoms with Crippen molar-refractivity contribution >= 4 is 11.7 Å². The van der Waals surface area contributed by atoms with Crippen LogP contribution in [0.1, 0.15) is 19.4 Å². The zero-order chi connectivity index (χ0) is 12.0. The second kappa shape index (κ2) is 6.02. The first-order valence-electron chi connectivity index (χ1n) is 5.04. The Balaban J connectivity index is 2.50. The highest BCUT2D eigenvalue weighted by Gasteiger charge is 2.11. The number of hydroxylamine groups is 2. The van der Waals surface area contributed by atoms with Crippen LogP contribution < -0.4 is 0 Å². The van der Waals surface area contributed by atoms with Gasteiger partial charge in [0.2, 0.25) is 5.91 Å². The number of rotatable bonds is 5. The first-order valence-corrected chi connectivity index (χ1v) is 5.04. The molecule has 4 nitrogen and oxygen atoms in total. The van der Waals surface area contributed by atoms with Gasteiger partial charge in [-0.2, -0.15) is 0 Å². The second-order valence-electron chi connectivity index (χ2n) is 3.52. The number of carbonyl (C=O) groups is 2. The van der Waals surface area contributed by atoms with Gasteiger partial charge in [-0.1, -0.05) is 30.3 Å². The smallest absolute Gasteiger partial charge is 0.243 e. The fraction of sp³-hybridized carbons (Fsp3) is 0.333. The summed E-state index contributed by atoms with van der Waals surface area (Å²) in [4.78, 5) is 27.3. The quantitative estimate of drug-likeness (QED) is 0.709. The van der Waals surface area contributed by atoms with Crippen molar-refractivity contribution in [1.82, 2.24) is 5.06 Å². The summed E-state index contributed by atoms with van der Waals surface area (Å²) in [5.41, 5.74) is 0.956. The molecule has 0 atom stereocenters. The molecule has 0 aliphatic carbocycles. The third-order valence-corrected chi connectivity index (χ3v) is 1.95. The van der Waals surface area contributed by atoms with Crippen LogP contribution in [-0.2, 0) is 21.0 Å². The predicted octanol–water partition coefficient (Wildman–Crippen LogP) is 1.56. The maximum absolute atomic E-state index is 11.1. The summed E-state index contributed by atoms with van der Waals surface area (Å²) in [7, 11) is 0. The van der Waals surface area contributed by atoms with Crippen molar-refractivity contribution in [3.8, 4) is 0 Å². The van der Waals surface area contributed by atoms with Crippen molar-refractivity contribution in [2.75, 3.05) is 6.54 Å². The average molecular weight is 221 g/mol. The summed E-state index contributed by atoms with van der Waals surface area (Å²) in [5, 5.41) is 1.08. The van der Waals surface area contributed by atoms with E-state index >= 15 is 0 Å². The van der Waals surface area contributed by atoms with E-state index in [4.69, 9.17) is 4.84 Å². The number of benzene rings is 1. The lowest BCUT2D eigenvalue weighted by molar-refractivity contribution is -0.190. The summed E-state index contributed by atoms with van der Waals surface area (Å²) in [6.45, 7) is 3.06. The minimum absolute atomic E-state index is 0.0117. The van der Waals surface area contributed by atoms with Crippen LogP contribution in [0.5, 0.6) is 0 Å². The minimum Gasteiger partial charge on any atom is -0.298 e. The van der Waals surface area contributed by atoms with E-state index in [-0.39, 0.29) is 24.8 Å². The van der Waals surface area contributed by atoms with Gasteiger partial charge in [0.05, 0.1) is 0 Å². The normalized spacial score (nSPS) is 9.88. The monoisotopic (exact) mass is 221 g/mol. The molecular weight excluding hydrogens is 206 g/mol. The lowest BCUT2D eigenvalue weighted by Gasteiger charge is -2.18. The molecule has 1 amide bonds. The fourth-order valence-electron chi connectivity index (χ4n) is 1.18. The zero-order valence-corrected chi connectivity index (χ0v) is 9.47. The molecule has 86 valence electrons. The van der Waals surface area contributed by atoms with Gasteiger partial charge in [0.15, 0.2) is 5.78 Å². The topological polar surface area (TPSA) is 46.6 Å². The van der Waals surface area contributed by atoms with E-state index in [0.717, 1.165) is 10.6 Å². The molecule has 0 spiro atoms. The van der Waals surface area contributed by atoms with Crippen LogP contribution in [0.4, 0.5) is 0 Å². The van der Waals surface area contributed by atoms with Gasteiger partial charge in [0.25, 0.3) is 0 Å². The molecule has 0 unspecified atom stereocenters. The Morgan fingerprint density at radius 3 is 2.31 bits per heavy atom. The number of carbonyl (C=O) groups excluding carboxylic acids is 2. The van der Waals surface area contributed by atoms with Gasteiger partial charge in [0.1, 0.15) is 13.2 Å². The Hall–Kier alpha value is -1.68. The number of Topliss-reactive ketones (excluding diaryl/α,β-unsaturated/α-hetero) is 1. The van der Waals surface area contributed by atoms with E-state index in [1.54, 1.807) is 0 Å². The van der Waals surface area contributed by atoms with Gasteiger partial charge < -0.3 is 0 Å². The van der Waals surface area contributed by atoms with Crippen molar-refractivity contribution in [1.29, 1.82) is 0 Å². The summed E-state index contributed by atoms with van der Waals surface area (Å²) in [6, 6.07) is 9.48. The second-order valence-corrected chi connectivity index (χ2v) is 3.52. The predicted molar refractivity (Wildman–Crippen MR) is 59.3 cm³/mol. The number of nitrogens with zero attached hydrogens (tertiary/aromatic N) is 1. The molecule has 0 bridgehead atoms. The first-order chi connectivity index (χ1) is 7.59. The van der Waals surface area contributed by atoms with Crippen LogP contribution in [0.2, 0.25) is 0 Å². The highest BCUT2D eigenvalue weighted by Crippen LogP contribution is 2.03. The van der Waals surface area contributed by atoms with Gasteiger partial charge in [-0.05, 0) is 12.5 Å². The Bertz CT molecular complexity index is 362. The van der Waals surface area contributed by atoms with E-state index in [2.05, 4.69) is 0 Å². The van der Waals surface area contributed by atoms with Crippen molar-refractivity contribution in [2.45, 2.75) is 20.5 Å². The Labute approximate surface area is 94.8 Å². The zero-order valence-electron chi connectivity index (χ0n) is 9.47. The molecule has 0 aliphatic rings. The molecule has 0 fully saturated rings. The molecule has 0 aliphatic heterocycles. The molecule has 16 heavy (non-hydrogen) atoms. The summed E-state index contributed by atoms with van der Waals surface area (Å²) in [6.07, 6.45) is 0. The number of amides is 1. The van der Waals surface area contributed by atoms with Crippen molar-refractivity contribution in [3.63, 3.8) is 0 Å². The largest absolute Gasteiger partial charge is 0.298 e. The molecule has 0 saturated carbocycles. The van der Waals surface area contributed by atoms with Crippen LogP contribution in [0, 0.1) is 0 Å².